The fourth-order valence-corrected chi connectivity index (χ4v) is 2.35. The van der Waals surface area contributed by atoms with Gasteiger partial charge in [-0.05, 0) is 36.4 Å². The molecular weight excluding hydrogens is 304 g/mol. The monoisotopic (exact) mass is 320 g/mol. The summed E-state index contributed by atoms with van der Waals surface area (Å²) in [7, 11) is -3.21. The van der Waals surface area contributed by atoms with E-state index in [0.717, 1.165) is 6.26 Å². The Balaban J connectivity index is 1.78. The number of nitrogens with zero attached hydrogens (tertiary/aromatic N) is 1. The van der Waals surface area contributed by atoms with Gasteiger partial charge in [-0.15, -0.1) is 0 Å². The summed E-state index contributed by atoms with van der Waals surface area (Å²) in [6.07, 6.45) is 4.23. The molecule has 0 unspecified atom stereocenters. The number of amides is 1. The molecule has 1 aromatic heterocycles. The molecule has 2 aromatic rings. The van der Waals surface area contributed by atoms with E-state index in [1.807, 2.05) is 0 Å². The van der Waals surface area contributed by atoms with E-state index < -0.39 is 9.84 Å². The molecule has 0 fully saturated rings. The Morgan fingerprint density at radius 1 is 1.23 bits per heavy atom. The Labute approximate surface area is 129 Å². The number of hydrogen-bond acceptors (Lipinski definition) is 5. The number of pyridine rings is 1. The van der Waals surface area contributed by atoms with Crippen LogP contribution in [0.25, 0.3) is 0 Å². The maximum Gasteiger partial charge on any atom is 0.252 e. The Hall–Kier alpha value is -2.41. The zero-order valence-corrected chi connectivity index (χ0v) is 12.8. The molecule has 0 atom stereocenters. The largest absolute Gasteiger partial charge is 0.492 e. The first-order chi connectivity index (χ1) is 10.5. The summed E-state index contributed by atoms with van der Waals surface area (Å²) in [5, 5.41) is 2.71. The van der Waals surface area contributed by atoms with E-state index in [4.69, 9.17) is 4.74 Å². The first-order valence-electron chi connectivity index (χ1n) is 6.58. The van der Waals surface area contributed by atoms with Crippen LogP contribution >= 0.6 is 0 Å². The van der Waals surface area contributed by atoms with E-state index >= 15 is 0 Å². The molecule has 1 N–H and O–H groups in total. The lowest BCUT2D eigenvalue weighted by Gasteiger charge is -2.08. The maximum atomic E-state index is 11.7. The van der Waals surface area contributed by atoms with Crippen LogP contribution in [0.15, 0.2) is 53.7 Å². The van der Waals surface area contributed by atoms with Crippen molar-refractivity contribution in [3.63, 3.8) is 0 Å². The van der Waals surface area contributed by atoms with Gasteiger partial charge in [-0.3, -0.25) is 9.78 Å². The van der Waals surface area contributed by atoms with Crippen molar-refractivity contribution in [2.75, 3.05) is 19.4 Å². The third kappa shape index (κ3) is 4.56. The van der Waals surface area contributed by atoms with Gasteiger partial charge in [0, 0.05) is 18.6 Å². The lowest BCUT2D eigenvalue weighted by molar-refractivity contribution is 0.0946. The number of carbonyl (C=O) groups is 1. The highest BCUT2D eigenvalue weighted by molar-refractivity contribution is 7.90. The van der Waals surface area contributed by atoms with E-state index in [-0.39, 0.29) is 17.4 Å². The SMILES string of the molecule is CS(=O)(=O)c1ccc(OCCNC(=O)c2cccnc2)cc1. The van der Waals surface area contributed by atoms with Crippen LogP contribution in [0.2, 0.25) is 0 Å². The van der Waals surface area contributed by atoms with Gasteiger partial charge in [0.1, 0.15) is 12.4 Å². The van der Waals surface area contributed by atoms with Crippen molar-refractivity contribution in [2.45, 2.75) is 4.90 Å². The highest BCUT2D eigenvalue weighted by atomic mass is 32.2. The van der Waals surface area contributed by atoms with Crippen LogP contribution in [0.3, 0.4) is 0 Å². The second kappa shape index (κ2) is 7.04. The topological polar surface area (TPSA) is 85.4 Å². The third-order valence-corrected chi connectivity index (χ3v) is 3.96. The molecule has 1 aromatic carbocycles. The lowest BCUT2D eigenvalue weighted by Crippen LogP contribution is -2.28. The van der Waals surface area contributed by atoms with Gasteiger partial charge in [-0.25, -0.2) is 8.42 Å². The number of ether oxygens (including phenoxy) is 1. The highest BCUT2D eigenvalue weighted by Crippen LogP contribution is 2.15. The molecular formula is C15H16N2O4S. The van der Waals surface area contributed by atoms with E-state index in [0.29, 0.717) is 17.9 Å². The molecule has 6 nitrogen and oxygen atoms in total. The number of rotatable bonds is 6. The molecule has 0 saturated carbocycles. The lowest BCUT2D eigenvalue weighted by atomic mass is 10.3. The second-order valence-electron chi connectivity index (χ2n) is 4.59. The van der Waals surface area contributed by atoms with Crippen LogP contribution in [-0.2, 0) is 9.84 Å². The second-order valence-corrected chi connectivity index (χ2v) is 6.61. The predicted octanol–water partition coefficient (Wildman–Crippen LogP) is 1.29. The first-order valence-corrected chi connectivity index (χ1v) is 8.47. The van der Waals surface area contributed by atoms with Crippen LogP contribution < -0.4 is 10.1 Å². The molecule has 0 aliphatic carbocycles. The molecule has 0 aliphatic rings. The Bertz CT molecular complexity index is 728. The van der Waals surface area contributed by atoms with Crippen molar-refractivity contribution < 1.29 is 17.9 Å². The van der Waals surface area contributed by atoms with Crippen molar-refractivity contribution in [3.8, 4) is 5.75 Å². The number of hydrogen-bond donors (Lipinski definition) is 1. The average Bonchev–Trinajstić information content (AvgIpc) is 2.52. The molecule has 1 heterocycles. The summed E-state index contributed by atoms with van der Waals surface area (Å²) in [6, 6.07) is 9.50. The first kappa shape index (κ1) is 16.0. The number of sulfone groups is 1. The van der Waals surface area contributed by atoms with Crippen LogP contribution in [0, 0.1) is 0 Å². The molecule has 116 valence electrons. The summed E-state index contributed by atoms with van der Waals surface area (Å²) in [5.74, 6) is 0.326. The number of aromatic nitrogens is 1. The van der Waals surface area contributed by atoms with Crippen molar-refractivity contribution in [2.24, 2.45) is 0 Å². The summed E-state index contributed by atoms with van der Waals surface area (Å²) in [4.78, 5) is 15.8. The molecule has 0 bridgehead atoms. The van der Waals surface area contributed by atoms with Crippen molar-refractivity contribution in [3.05, 3.63) is 54.4 Å². The minimum absolute atomic E-state index is 0.218. The van der Waals surface area contributed by atoms with Crippen LogP contribution in [-0.4, -0.2) is 38.7 Å². The quantitative estimate of drug-likeness (QED) is 0.811. The maximum absolute atomic E-state index is 11.7. The third-order valence-electron chi connectivity index (χ3n) is 2.83. The van der Waals surface area contributed by atoms with Gasteiger partial charge in [0.15, 0.2) is 9.84 Å². The minimum Gasteiger partial charge on any atom is -0.492 e. The summed E-state index contributed by atoms with van der Waals surface area (Å²) in [5.41, 5.74) is 0.486. The summed E-state index contributed by atoms with van der Waals surface area (Å²) in [6.45, 7) is 0.617. The van der Waals surface area contributed by atoms with Gasteiger partial charge < -0.3 is 10.1 Å². The minimum atomic E-state index is -3.21. The van der Waals surface area contributed by atoms with Crippen molar-refractivity contribution >= 4 is 15.7 Å². The van der Waals surface area contributed by atoms with Gasteiger partial charge in [-0.1, -0.05) is 0 Å². The Kier molecular flexibility index (Phi) is 5.11. The fourth-order valence-electron chi connectivity index (χ4n) is 1.72. The van der Waals surface area contributed by atoms with Gasteiger partial charge in [0.05, 0.1) is 17.0 Å². The molecule has 1 amide bonds. The molecule has 22 heavy (non-hydrogen) atoms. The van der Waals surface area contributed by atoms with Crippen molar-refractivity contribution in [1.82, 2.24) is 10.3 Å². The standard InChI is InChI=1S/C15H16N2O4S/c1-22(19,20)14-6-4-13(5-7-14)21-10-9-17-15(18)12-3-2-8-16-11-12/h2-8,11H,9-10H2,1H3,(H,17,18). The van der Waals surface area contributed by atoms with Crippen LogP contribution in [0.4, 0.5) is 0 Å². The number of nitrogens with one attached hydrogen (secondary N) is 1. The van der Waals surface area contributed by atoms with E-state index in [9.17, 15) is 13.2 Å². The number of carbonyl (C=O) groups excluding carboxylic acids is 1. The molecule has 0 saturated heterocycles. The molecule has 0 aliphatic heterocycles. The number of benzene rings is 1. The summed E-state index contributed by atoms with van der Waals surface area (Å²) >= 11 is 0. The van der Waals surface area contributed by atoms with E-state index in [1.165, 1.54) is 18.3 Å². The zero-order valence-electron chi connectivity index (χ0n) is 12.0. The highest BCUT2D eigenvalue weighted by Gasteiger charge is 2.07. The molecule has 0 spiro atoms. The smallest absolute Gasteiger partial charge is 0.252 e. The average molecular weight is 320 g/mol. The van der Waals surface area contributed by atoms with E-state index in [1.54, 1.807) is 30.5 Å². The van der Waals surface area contributed by atoms with Gasteiger partial charge in [-0.2, -0.15) is 0 Å². The molecule has 7 heteroatoms. The van der Waals surface area contributed by atoms with Crippen molar-refractivity contribution in [1.29, 1.82) is 0 Å². The van der Waals surface area contributed by atoms with Gasteiger partial charge >= 0.3 is 0 Å². The van der Waals surface area contributed by atoms with Gasteiger partial charge in [0.25, 0.3) is 5.91 Å². The molecule has 2 rings (SSSR count). The normalized spacial score (nSPS) is 11.0. The van der Waals surface area contributed by atoms with E-state index in [2.05, 4.69) is 10.3 Å². The van der Waals surface area contributed by atoms with Crippen LogP contribution in [0.5, 0.6) is 5.75 Å². The molecule has 0 radical (unpaired) electrons. The van der Waals surface area contributed by atoms with Crippen LogP contribution in [0.1, 0.15) is 10.4 Å². The zero-order chi connectivity index (χ0) is 16.0. The predicted molar refractivity (Wildman–Crippen MR) is 81.6 cm³/mol. The summed E-state index contributed by atoms with van der Waals surface area (Å²) < 4.78 is 28.1. The Morgan fingerprint density at radius 2 is 1.95 bits per heavy atom. The van der Waals surface area contributed by atoms with Gasteiger partial charge in [0.2, 0.25) is 0 Å². The fraction of sp³-hybridized carbons (Fsp3) is 0.200. The Morgan fingerprint density at radius 3 is 2.55 bits per heavy atom.